The normalized spacial score (nSPS) is 22.8. The third kappa shape index (κ3) is 2.21. The van der Waals surface area contributed by atoms with E-state index >= 15 is 0 Å². The molecule has 0 radical (unpaired) electrons. The fraction of sp³-hybridized carbons (Fsp3) is 0.333. The molecule has 3 nitrogen and oxygen atoms in total. The van der Waals surface area contributed by atoms with E-state index in [1.165, 1.54) is 6.08 Å². The van der Waals surface area contributed by atoms with Gasteiger partial charge in [0.1, 0.15) is 5.41 Å². The minimum atomic E-state index is -0.800. The highest BCUT2D eigenvalue weighted by molar-refractivity contribution is 5.96. The summed E-state index contributed by atoms with van der Waals surface area (Å²) in [4.78, 5) is 23.6. The van der Waals surface area contributed by atoms with Gasteiger partial charge in [0, 0.05) is 6.42 Å². The van der Waals surface area contributed by atoms with Crippen molar-refractivity contribution < 1.29 is 14.3 Å². The highest BCUT2D eigenvalue weighted by atomic mass is 16.5. The number of rotatable bonds is 3. The maximum Gasteiger partial charge on any atom is 0.320 e. The van der Waals surface area contributed by atoms with Crippen LogP contribution in [0.15, 0.2) is 42.5 Å². The predicted molar refractivity (Wildman–Crippen MR) is 68.1 cm³/mol. The van der Waals surface area contributed by atoms with Crippen molar-refractivity contribution in [2.24, 2.45) is 0 Å². The van der Waals surface area contributed by atoms with Crippen LogP contribution in [0.2, 0.25) is 0 Å². The van der Waals surface area contributed by atoms with Gasteiger partial charge in [0.25, 0.3) is 0 Å². The first-order chi connectivity index (χ1) is 8.69. The Morgan fingerprint density at radius 2 is 2.06 bits per heavy atom. The minimum absolute atomic E-state index is 0.0610. The van der Waals surface area contributed by atoms with Gasteiger partial charge in [-0.1, -0.05) is 36.4 Å². The van der Waals surface area contributed by atoms with Crippen molar-refractivity contribution in [2.45, 2.75) is 25.2 Å². The number of hydrogen-bond donors (Lipinski definition) is 0. The van der Waals surface area contributed by atoms with Gasteiger partial charge in [0.2, 0.25) is 0 Å². The average molecular weight is 244 g/mol. The van der Waals surface area contributed by atoms with Gasteiger partial charge in [-0.25, -0.2) is 0 Å². The molecule has 0 saturated carbocycles. The van der Waals surface area contributed by atoms with Crippen LogP contribution in [0.4, 0.5) is 0 Å². The van der Waals surface area contributed by atoms with Crippen molar-refractivity contribution in [2.75, 3.05) is 6.61 Å². The van der Waals surface area contributed by atoms with E-state index < -0.39 is 5.41 Å². The molecule has 0 amide bonds. The molecular formula is C15H16O3. The lowest BCUT2D eigenvalue weighted by Gasteiger charge is -2.30. The average Bonchev–Trinajstić information content (AvgIpc) is 2.41. The summed E-state index contributed by atoms with van der Waals surface area (Å²) in [6.07, 6.45) is 4.04. The molecule has 1 aliphatic carbocycles. The summed E-state index contributed by atoms with van der Waals surface area (Å²) in [7, 11) is 0. The topological polar surface area (TPSA) is 43.4 Å². The third-order valence-corrected chi connectivity index (χ3v) is 3.25. The Balaban J connectivity index is 2.44. The molecule has 3 heteroatoms. The number of ether oxygens (including phenoxy) is 1. The van der Waals surface area contributed by atoms with Crippen molar-refractivity contribution in [3.8, 4) is 0 Å². The van der Waals surface area contributed by atoms with Crippen LogP contribution in [0, 0.1) is 0 Å². The van der Waals surface area contributed by atoms with Crippen molar-refractivity contribution in [3.63, 3.8) is 0 Å². The Hall–Kier alpha value is -1.90. The number of carbonyl (C=O) groups is 2. The highest BCUT2D eigenvalue weighted by Crippen LogP contribution is 2.35. The molecule has 0 fully saturated rings. The molecule has 0 spiro atoms. The SMILES string of the molecule is CCOC(=O)C1(c2ccccc2)C=CC(=O)CC1. The van der Waals surface area contributed by atoms with Gasteiger partial charge in [0.15, 0.2) is 5.78 Å². The van der Waals surface area contributed by atoms with Gasteiger partial charge in [-0.3, -0.25) is 9.59 Å². The summed E-state index contributed by atoms with van der Waals surface area (Å²) in [5.74, 6) is -0.217. The lowest BCUT2D eigenvalue weighted by Crippen LogP contribution is -2.38. The number of esters is 1. The summed E-state index contributed by atoms with van der Waals surface area (Å²) < 4.78 is 5.17. The minimum Gasteiger partial charge on any atom is -0.465 e. The van der Waals surface area contributed by atoms with Gasteiger partial charge in [-0.15, -0.1) is 0 Å². The molecule has 1 aliphatic rings. The second-order valence-electron chi connectivity index (χ2n) is 4.36. The maximum atomic E-state index is 12.2. The zero-order valence-electron chi connectivity index (χ0n) is 10.4. The second kappa shape index (κ2) is 5.17. The Morgan fingerprint density at radius 3 is 2.61 bits per heavy atom. The van der Waals surface area contributed by atoms with Gasteiger partial charge in [-0.2, -0.15) is 0 Å². The zero-order chi connectivity index (χ0) is 13.0. The Bertz CT molecular complexity index is 476. The smallest absolute Gasteiger partial charge is 0.320 e. The maximum absolute atomic E-state index is 12.2. The van der Waals surface area contributed by atoms with Gasteiger partial charge in [-0.05, 0) is 25.0 Å². The first kappa shape index (κ1) is 12.6. The molecule has 2 rings (SSSR count). The van der Waals surface area contributed by atoms with Crippen LogP contribution in [-0.4, -0.2) is 18.4 Å². The van der Waals surface area contributed by atoms with Crippen LogP contribution in [0.1, 0.15) is 25.3 Å². The van der Waals surface area contributed by atoms with E-state index in [0.29, 0.717) is 19.4 Å². The summed E-state index contributed by atoms with van der Waals surface area (Å²) in [6.45, 7) is 2.13. The number of carbonyl (C=O) groups excluding carboxylic acids is 2. The summed E-state index contributed by atoms with van der Waals surface area (Å²) in [5.41, 5.74) is 0.0813. The zero-order valence-corrected chi connectivity index (χ0v) is 10.4. The first-order valence-corrected chi connectivity index (χ1v) is 6.14. The molecule has 1 atom stereocenters. The predicted octanol–water partition coefficient (Wildman–Crippen LogP) is 2.41. The van der Waals surface area contributed by atoms with Crippen LogP contribution >= 0.6 is 0 Å². The van der Waals surface area contributed by atoms with Crippen LogP contribution in [-0.2, 0) is 19.7 Å². The van der Waals surface area contributed by atoms with E-state index in [0.717, 1.165) is 5.56 Å². The molecular weight excluding hydrogens is 228 g/mol. The summed E-state index contributed by atoms with van der Waals surface area (Å²) >= 11 is 0. The van der Waals surface area contributed by atoms with Crippen LogP contribution in [0.25, 0.3) is 0 Å². The molecule has 0 aliphatic heterocycles. The van der Waals surface area contributed by atoms with E-state index in [2.05, 4.69) is 0 Å². The molecule has 94 valence electrons. The number of ketones is 1. The Labute approximate surface area is 106 Å². The molecule has 0 heterocycles. The van der Waals surface area contributed by atoms with E-state index in [9.17, 15) is 9.59 Å². The largest absolute Gasteiger partial charge is 0.465 e. The van der Waals surface area contributed by atoms with Gasteiger partial charge in [0.05, 0.1) is 6.61 Å². The van der Waals surface area contributed by atoms with Crippen molar-refractivity contribution in [3.05, 3.63) is 48.0 Å². The van der Waals surface area contributed by atoms with Crippen molar-refractivity contribution in [1.82, 2.24) is 0 Å². The molecule has 0 aromatic heterocycles. The van der Waals surface area contributed by atoms with Crippen LogP contribution < -0.4 is 0 Å². The Morgan fingerprint density at radius 1 is 1.33 bits per heavy atom. The second-order valence-corrected chi connectivity index (χ2v) is 4.36. The molecule has 0 N–H and O–H groups in total. The van der Waals surface area contributed by atoms with Crippen molar-refractivity contribution in [1.29, 1.82) is 0 Å². The number of benzene rings is 1. The number of allylic oxidation sites excluding steroid dienone is 1. The van der Waals surface area contributed by atoms with E-state index in [-0.39, 0.29) is 11.8 Å². The lowest BCUT2D eigenvalue weighted by atomic mass is 9.73. The molecule has 1 aromatic carbocycles. The monoisotopic (exact) mass is 244 g/mol. The molecule has 1 unspecified atom stereocenters. The van der Waals surface area contributed by atoms with Gasteiger partial charge >= 0.3 is 5.97 Å². The first-order valence-electron chi connectivity index (χ1n) is 6.14. The summed E-state index contributed by atoms with van der Waals surface area (Å²) in [5, 5.41) is 0. The van der Waals surface area contributed by atoms with E-state index in [1.807, 2.05) is 30.3 Å². The molecule has 0 bridgehead atoms. The van der Waals surface area contributed by atoms with Crippen molar-refractivity contribution >= 4 is 11.8 Å². The standard InChI is InChI=1S/C15H16O3/c1-2-18-14(17)15(10-8-13(16)9-11-15)12-6-4-3-5-7-12/h3-8,10H,2,9,11H2,1H3. The lowest BCUT2D eigenvalue weighted by molar-refractivity contribution is -0.148. The van der Waals surface area contributed by atoms with Crippen LogP contribution in [0.3, 0.4) is 0 Å². The van der Waals surface area contributed by atoms with Crippen LogP contribution in [0.5, 0.6) is 0 Å². The van der Waals surface area contributed by atoms with E-state index in [1.54, 1.807) is 13.0 Å². The Kier molecular flexibility index (Phi) is 3.60. The highest BCUT2D eigenvalue weighted by Gasteiger charge is 2.41. The molecule has 0 saturated heterocycles. The molecule has 18 heavy (non-hydrogen) atoms. The van der Waals surface area contributed by atoms with Gasteiger partial charge < -0.3 is 4.74 Å². The quantitative estimate of drug-likeness (QED) is 0.767. The fourth-order valence-electron chi connectivity index (χ4n) is 2.25. The summed E-state index contributed by atoms with van der Waals surface area (Å²) in [6, 6.07) is 9.48. The third-order valence-electron chi connectivity index (χ3n) is 3.25. The molecule has 1 aromatic rings. The fourth-order valence-corrected chi connectivity index (χ4v) is 2.25. The van der Waals surface area contributed by atoms with E-state index in [4.69, 9.17) is 4.74 Å². The number of hydrogen-bond acceptors (Lipinski definition) is 3.